The molecular weight excluding hydrogens is 316 g/mol. The number of aromatic nitrogens is 2. The van der Waals surface area contributed by atoms with Gasteiger partial charge >= 0.3 is 0 Å². The highest BCUT2D eigenvalue weighted by molar-refractivity contribution is 6.30. The van der Waals surface area contributed by atoms with Crippen LogP contribution in [0.2, 0.25) is 5.02 Å². The first-order valence-electron chi connectivity index (χ1n) is 8.02. The van der Waals surface area contributed by atoms with Crippen LogP contribution in [-0.4, -0.2) is 9.55 Å². The van der Waals surface area contributed by atoms with E-state index in [1.807, 2.05) is 24.3 Å². The molecule has 4 aromatic rings. The predicted molar refractivity (Wildman–Crippen MR) is 99.5 cm³/mol. The van der Waals surface area contributed by atoms with Crippen molar-refractivity contribution in [2.24, 2.45) is 0 Å². The number of rotatable bonds is 4. The Kier molecular flexibility index (Phi) is 4.06. The van der Waals surface area contributed by atoms with Gasteiger partial charge in [0.2, 0.25) is 0 Å². The monoisotopic (exact) mass is 332 g/mol. The van der Waals surface area contributed by atoms with E-state index in [0.717, 1.165) is 29.3 Å². The molecule has 0 spiro atoms. The minimum Gasteiger partial charge on any atom is -0.323 e. The van der Waals surface area contributed by atoms with Crippen LogP contribution < -0.4 is 0 Å². The van der Waals surface area contributed by atoms with Gasteiger partial charge in [0.15, 0.2) is 0 Å². The van der Waals surface area contributed by atoms with Crippen molar-refractivity contribution in [3.05, 3.63) is 101 Å². The normalized spacial score (nSPS) is 11.0. The summed E-state index contributed by atoms with van der Waals surface area (Å²) in [6.07, 6.45) is 0.823. The third kappa shape index (κ3) is 3.06. The number of hydrogen-bond acceptors (Lipinski definition) is 1. The number of benzene rings is 3. The van der Waals surface area contributed by atoms with Gasteiger partial charge in [0.25, 0.3) is 0 Å². The molecule has 0 bridgehead atoms. The second-order valence-electron chi connectivity index (χ2n) is 5.89. The Bertz CT molecular complexity index is 956. The summed E-state index contributed by atoms with van der Waals surface area (Å²) in [5.74, 6) is 1.08. The number of imidazole rings is 1. The maximum absolute atomic E-state index is 6.01. The van der Waals surface area contributed by atoms with Crippen molar-refractivity contribution in [1.82, 2.24) is 9.55 Å². The van der Waals surface area contributed by atoms with E-state index in [9.17, 15) is 0 Å². The molecule has 3 heteroatoms. The third-order valence-corrected chi connectivity index (χ3v) is 4.44. The van der Waals surface area contributed by atoms with Crippen LogP contribution in [0.15, 0.2) is 78.9 Å². The molecule has 0 atom stereocenters. The van der Waals surface area contributed by atoms with Gasteiger partial charge in [0, 0.05) is 18.0 Å². The maximum atomic E-state index is 6.01. The zero-order valence-corrected chi connectivity index (χ0v) is 13.9. The van der Waals surface area contributed by atoms with Gasteiger partial charge in [-0.2, -0.15) is 0 Å². The molecule has 0 fully saturated rings. The Morgan fingerprint density at radius 2 is 1.46 bits per heavy atom. The number of para-hydroxylation sites is 2. The van der Waals surface area contributed by atoms with E-state index in [0.29, 0.717) is 0 Å². The Labute approximate surface area is 146 Å². The van der Waals surface area contributed by atoms with Crippen molar-refractivity contribution in [3.63, 3.8) is 0 Å². The summed E-state index contributed by atoms with van der Waals surface area (Å²) in [7, 11) is 0. The Morgan fingerprint density at radius 3 is 2.25 bits per heavy atom. The number of fused-ring (bicyclic) bond motifs is 1. The first kappa shape index (κ1) is 15.0. The summed E-state index contributed by atoms with van der Waals surface area (Å²) in [5, 5.41) is 0.763. The molecule has 0 aliphatic rings. The van der Waals surface area contributed by atoms with E-state index in [-0.39, 0.29) is 0 Å². The van der Waals surface area contributed by atoms with Gasteiger partial charge < -0.3 is 4.57 Å². The molecule has 0 amide bonds. The fourth-order valence-corrected chi connectivity index (χ4v) is 3.11. The van der Waals surface area contributed by atoms with Crippen LogP contribution in [0.4, 0.5) is 0 Å². The van der Waals surface area contributed by atoms with Crippen molar-refractivity contribution < 1.29 is 0 Å². The van der Waals surface area contributed by atoms with E-state index in [2.05, 4.69) is 59.2 Å². The van der Waals surface area contributed by atoms with Crippen LogP contribution >= 0.6 is 11.6 Å². The fourth-order valence-electron chi connectivity index (χ4n) is 2.99. The molecule has 0 aliphatic carbocycles. The standard InChI is InChI=1S/C21H17ClN2/c22-18-12-10-17(11-13-18)15-24-20-9-5-4-8-19(20)23-21(24)14-16-6-2-1-3-7-16/h1-13H,14-15H2. The molecule has 24 heavy (non-hydrogen) atoms. The van der Waals surface area contributed by atoms with E-state index >= 15 is 0 Å². The highest BCUT2D eigenvalue weighted by atomic mass is 35.5. The molecule has 3 aromatic carbocycles. The number of halogens is 1. The SMILES string of the molecule is Clc1ccc(Cn2c(Cc3ccccc3)nc3ccccc32)cc1. The number of hydrogen-bond donors (Lipinski definition) is 0. The molecule has 1 heterocycles. The van der Waals surface area contributed by atoms with Crippen molar-refractivity contribution in [3.8, 4) is 0 Å². The largest absolute Gasteiger partial charge is 0.323 e. The zero-order valence-electron chi connectivity index (χ0n) is 13.2. The smallest absolute Gasteiger partial charge is 0.114 e. The molecule has 0 saturated heterocycles. The van der Waals surface area contributed by atoms with Crippen molar-refractivity contribution in [2.75, 3.05) is 0 Å². The molecular formula is C21H17ClN2. The maximum Gasteiger partial charge on any atom is 0.114 e. The van der Waals surface area contributed by atoms with Crippen molar-refractivity contribution in [1.29, 1.82) is 0 Å². The third-order valence-electron chi connectivity index (χ3n) is 4.19. The van der Waals surface area contributed by atoms with Crippen molar-refractivity contribution >= 4 is 22.6 Å². The van der Waals surface area contributed by atoms with Gasteiger partial charge in [0.1, 0.15) is 5.82 Å². The van der Waals surface area contributed by atoms with Gasteiger partial charge in [-0.15, -0.1) is 0 Å². The number of nitrogens with zero attached hydrogens (tertiary/aromatic N) is 2. The molecule has 0 saturated carbocycles. The molecule has 0 unspecified atom stereocenters. The molecule has 118 valence electrons. The fraction of sp³-hybridized carbons (Fsp3) is 0.0952. The summed E-state index contributed by atoms with van der Waals surface area (Å²) < 4.78 is 2.30. The lowest BCUT2D eigenvalue weighted by atomic mass is 10.1. The zero-order chi connectivity index (χ0) is 16.4. The first-order chi connectivity index (χ1) is 11.8. The van der Waals surface area contributed by atoms with Crippen LogP contribution in [0.1, 0.15) is 17.0 Å². The van der Waals surface area contributed by atoms with E-state index in [1.165, 1.54) is 16.6 Å². The minimum atomic E-state index is 0.763. The summed E-state index contributed by atoms with van der Waals surface area (Å²) >= 11 is 6.01. The minimum absolute atomic E-state index is 0.763. The summed E-state index contributed by atoms with van der Waals surface area (Å²) in [4.78, 5) is 4.86. The Morgan fingerprint density at radius 1 is 0.750 bits per heavy atom. The van der Waals surface area contributed by atoms with E-state index in [4.69, 9.17) is 16.6 Å². The second-order valence-corrected chi connectivity index (χ2v) is 6.33. The van der Waals surface area contributed by atoms with Crippen LogP contribution in [0.5, 0.6) is 0 Å². The predicted octanol–water partition coefficient (Wildman–Crippen LogP) is 5.33. The molecule has 0 radical (unpaired) electrons. The Hall–Kier alpha value is -2.58. The Balaban J connectivity index is 1.76. The molecule has 0 N–H and O–H groups in total. The van der Waals surface area contributed by atoms with Gasteiger partial charge in [0.05, 0.1) is 11.0 Å². The lowest BCUT2D eigenvalue weighted by molar-refractivity contribution is 0.762. The summed E-state index contributed by atoms with van der Waals surface area (Å²) in [5.41, 5.74) is 4.69. The van der Waals surface area contributed by atoms with Crippen LogP contribution in [-0.2, 0) is 13.0 Å². The van der Waals surface area contributed by atoms with E-state index in [1.54, 1.807) is 0 Å². The van der Waals surface area contributed by atoms with Crippen LogP contribution in [0.25, 0.3) is 11.0 Å². The van der Waals surface area contributed by atoms with Crippen LogP contribution in [0, 0.1) is 0 Å². The summed E-state index contributed by atoms with van der Waals surface area (Å²) in [6.45, 7) is 0.792. The van der Waals surface area contributed by atoms with Crippen molar-refractivity contribution in [2.45, 2.75) is 13.0 Å². The molecule has 1 aromatic heterocycles. The van der Waals surface area contributed by atoms with Gasteiger partial charge in [-0.3, -0.25) is 0 Å². The quantitative estimate of drug-likeness (QED) is 0.494. The molecule has 4 rings (SSSR count). The van der Waals surface area contributed by atoms with E-state index < -0.39 is 0 Å². The topological polar surface area (TPSA) is 17.8 Å². The molecule has 0 aliphatic heterocycles. The lowest BCUT2D eigenvalue weighted by Gasteiger charge is -2.10. The average molecular weight is 333 g/mol. The summed E-state index contributed by atoms with van der Waals surface area (Å²) in [6, 6.07) is 26.8. The molecule has 2 nitrogen and oxygen atoms in total. The van der Waals surface area contributed by atoms with Crippen LogP contribution in [0.3, 0.4) is 0 Å². The second kappa shape index (κ2) is 6.50. The average Bonchev–Trinajstić information content (AvgIpc) is 2.95. The van der Waals surface area contributed by atoms with Gasteiger partial charge in [-0.25, -0.2) is 4.98 Å². The van der Waals surface area contributed by atoms with Gasteiger partial charge in [-0.05, 0) is 35.4 Å². The highest BCUT2D eigenvalue weighted by Gasteiger charge is 2.11. The first-order valence-corrected chi connectivity index (χ1v) is 8.40. The lowest BCUT2D eigenvalue weighted by Crippen LogP contribution is -2.06. The highest BCUT2D eigenvalue weighted by Crippen LogP contribution is 2.21. The van der Waals surface area contributed by atoms with Gasteiger partial charge in [-0.1, -0.05) is 66.2 Å².